The fourth-order valence-electron chi connectivity index (χ4n) is 2.51. The van der Waals surface area contributed by atoms with Gasteiger partial charge in [0.1, 0.15) is 42.7 Å². The van der Waals surface area contributed by atoms with E-state index in [0.29, 0.717) is 0 Å². The van der Waals surface area contributed by atoms with Crippen molar-refractivity contribution in [2.24, 2.45) is 0 Å². The first kappa shape index (κ1) is 25.1. The molecular weight excluding hydrogens is 382 g/mol. The molecule has 1 aliphatic rings. The predicted molar refractivity (Wildman–Crippen MR) is 91.6 cm³/mol. The van der Waals surface area contributed by atoms with Gasteiger partial charge in [0.25, 0.3) is 5.91 Å². The average Bonchev–Trinajstić information content (AvgIpc) is 2.62. The van der Waals surface area contributed by atoms with E-state index < -0.39 is 79.8 Å². The van der Waals surface area contributed by atoms with Crippen molar-refractivity contribution >= 4 is 5.91 Å². The van der Waals surface area contributed by atoms with Crippen LogP contribution >= 0.6 is 0 Å². The van der Waals surface area contributed by atoms with Crippen LogP contribution in [0.25, 0.3) is 0 Å². The van der Waals surface area contributed by atoms with Gasteiger partial charge in [-0.2, -0.15) is 0 Å². The maximum absolute atomic E-state index is 11.8. The molecule has 0 bridgehead atoms. The van der Waals surface area contributed by atoms with Crippen molar-refractivity contribution in [3.05, 3.63) is 0 Å². The highest BCUT2D eigenvalue weighted by atomic mass is 16.7. The van der Waals surface area contributed by atoms with Crippen LogP contribution in [0.15, 0.2) is 0 Å². The van der Waals surface area contributed by atoms with Crippen molar-refractivity contribution in [3.8, 4) is 0 Å². The zero-order valence-electron chi connectivity index (χ0n) is 15.9. The van der Waals surface area contributed by atoms with Gasteiger partial charge < -0.3 is 55.6 Å². The molecule has 1 rings (SSSR count). The lowest BCUT2D eigenvalue weighted by Gasteiger charge is -2.40. The lowest BCUT2D eigenvalue weighted by Crippen LogP contribution is -2.60. The Hall–Kier alpha value is -0.930. The van der Waals surface area contributed by atoms with Crippen LogP contribution in [-0.4, -0.2) is 121 Å². The Bertz CT molecular complexity index is 497. The third kappa shape index (κ3) is 6.56. The summed E-state index contributed by atoms with van der Waals surface area (Å²) in [4.78, 5) is 11.8. The van der Waals surface area contributed by atoms with E-state index in [4.69, 9.17) is 14.6 Å². The minimum absolute atomic E-state index is 0.677. The van der Waals surface area contributed by atoms with E-state index in [1.807, 2.05) is 0 Å². The Balaban J connectivity index is 2.61. The van der Waals surface area contributed by atoms with Crippen LogP contribution in [-0.2, 0) is 14.3 Å². The molecule has 12 heteroatoms. The summed E-state index contributed by atoms with van der Waals surface area (Å²) >= 11 is 0. The molecule has 1 aliphatic heterocycles. The van der Waals surface area contributed by atoms with Crippen LogP contribution in [0.3, 0.4) is 0 Å². The number of hydrogen-bond acceptors (Lipinski definition) is 11. The maximum Gasteiger partial charge on any atom is 0.252 e. The Kier molecular flexibility index (Phi) is 9.15. The van der Waals surface area contributed by atoms with E-state index in [1.54, 1.807) is 20.8 Å². The number of rotatable bonds is 8. The van der Waals surface area contributed by atoms with Gasteiger partial charge >= 0.3 is 0 Å². The van der Waals surface area contributed by atoms with Crippen molar-refractivity contribution in [3.63, 3.8) is 0 Å². The second kappa shape index (κ2) is 10.2. The second-order valence-electron chi connectivity index (χ2n) is 7.76. The van der Waals surface area contributed by atoms with Crippen LogP contribution in [0.1, 0.15) is 20.8 Å². The van der Waals surface area contributed by atoms with Crippen LogP contribution in [0, 0.1) is 0 Å². The summed E-state index contributed by atoms with van der Waals surface area (Å²) < 4.78 is 10.1. The fourth-order valence-corrected chi connectivity index (χ4v) is 2.51. The monoisotopic (exact) mass is 413 g/mol. The van der Waals surface area contributed by atoms with Crippen molar-refractivity contribution in [1.82, 2.24) is 5.32 Å². The van der Waals surface area contributed by atoms with Crippen LogP contribution < -0.4 is 5.32 Å². The summed E-state index contributed by atoms with van der Waals surface area (Å²) in [7, 11) is 0. The predicted octanol–water partition coefficient (Wildman–Crippen LogP) is -4.84. The first-order valence-corrected chi connectivity index (χ1v) is 8.76. The summed E-state index contributed by atoms with van der Waals surface area (Å²) in [6.07, 6.45) is -15.6. The summed E-state index contributed by atoms with van der Waals surface area (Å²) in [6, 6.07) is 0. The summed E-state index contributed by atoms with van der Waals surface area (Å²) in [5.74, 6) is -0.957. The van der Waals surface area contributed by atoms with E-state index in [1.165, 1.54) is 0 Å². The molecule has 0 saturated carbocycles. The molecule has 9 N–H and O–H groups in total. The highest BCUT2D eigenvalue weighted by Gasteiger charge is 2.44. The second-order valence-corrected chi connectivity index (χ2v) is 7.76. The summed E-state index contributed by atoms with van der Waals surface area (Å²) in [6.45, 7) is 3.52. The summed E-state index contributed by atoms with van der Waals surface area (Å²) in [5, 5.41) is 80.3. The molecule has 1 saturated heterocycles. The molecule has 0 aromatic carbocycles. The van der Waals surface area contributed by atoms with E-state index in [-0.39, 0.29) is 0 Å². The first-order chi connectivity index (χ1) is 12.8. The number of ether oxygens (including phenoxy) is 2. The maximum atomic E-state index is 11.8. The highest BCUT2D eigenvalue weighted by molar-refractivity contribution is 5.81. The van der Waals surface area contributed by atoms with Crippen LogP contribution in [0.5, 0.6) is 0 Å². The van der Waals surface area contributed by atoms with Gasteiger partial charge in [-0.15, -0.1) is 0 Å². The number of aliphatic hydroxyl groups excluding tert-OH is 8. The van der Waals surface area contributed by atoms with Gasteiger partial charge in [0.05, 0.1) is 13.2 Å². The van der Waals surface area contributed by atoms with Gasteiger partial charge in [0.15, 0.2) is 12.4 Å². The number of carbonyl (C=O) groups is 1. The molecule has 9 atom stereocenters. The van der Waals surface area contributed by atoms with Crippen LogP contribution in [0.4, 0.5) is 0 Å². The number of hydrogen-bond donors (Lipinski definition) is 9. The quantitative estimate of drug-likeness (QED) is 0.184. The molecule has 0 aromatic heterocycles. The highest BCUT2D eigenvalue weighted by Crippen LogP contribution is 2.22. The number of amides is 1. The Morgan fingerprint density at radius 1 is 1.04 bits per heavy atom. The number of nitrogens with one attached hydrogen (secondary N) is 1. The molecule has 1 amide bonds. The first-order valence-electron chi connectivity index (χ1n) is 8.76. The SMILES string of the molecule is CC(C)(C)NC(=O)C(O)C(O)C(O)C(O)COC1OC(CO)C(O)C(O)C1O. The minimum Gasteiger partial charge on any atom is -0.394 e. The molecule has 166 valence electrons. The van der Waals surface area contributed by atoms with Crippen molar-refractivity contribution in [2.45, 2.75) is 81.4 Å². The molecule has 28 heavy (non-hydrogen) atoms. The van der Waals surface area contributed by atoms with Gasteiger partial charge in [-0.05, 0) is 20.8 Å². The lowest BCUT2D eigenvalue weighted by atomic mass is 9.99. The largest absolute Gasteiger partial charge is 0.394 e. The summed E-state index contributed by atoms with van der Waals surface area (Å²) in [5.41, 5.74) is -0.701. The zero-order valence-corrected chi connectivity index (χ0v) is 15.9. The van der Waals surface area contributed by atoms with Crippen molar-refractivity contribution in [1.29, 1.82) is 0 Å². The van der Waals surface area contributed by atoms with Gasteiger partial charge in [0.2, 0.25) is 0 Å². The van der Waals surface area contributed by atoms with Gasteiger partial charge in [-0.1, -0.05) is 0 Å². The van der Waals surface area contributed by atoms with Crippen LogP contribution in [0.2, 0.25) is 0 Å². The molecule has 0 aromatic rings. The topological polar surface area (TPSA) is 209 Å². The zero-order chi connectivity index (χ0) is 21.8. The third-order valence-electron chi connectivity index (χ3n) is 4.11. The molecule has 9 unspecified atom stereocenters. The van der Waals surface area contributed by atoms with Gasteiger partial charge in [-0.25, -0.2) is 0 Å². The molecule has 0 spiro atoms. The van der Waals surface area contributed by atoms with E-state index in [0.717, 1.165) is 0 Å². The van der Waals surface area contributed by atoms with Crippen molar-refractivity contribution in [2.75, 3.05) is 13.2 Å². The molecule has 1 heterocycles. The Morgan fingerprint density at radius 3 is 2.11 bits per heavy atom. The number of carbonyl (C=O) groups excluding carboxylic acids is 1. The fraction of sp³-hybridized carbons (Fsp3) is 0.938. The lowest BCUT2D eigenvalue weighted by molar-refractivity contribution is -0.306. The standard InChI is InChI=1S/C16H31NO11/c1-16(2,3)17-14(26)12(24)10(22)8(20)6(19)5-27-15-13(25)11(23)9(21)7(4-18)28-15/h6-13,15,18-25H,4-5H2,1-3H3,(H,17,26). The van der Waals surface area contributed by atoms with E-state index in [2.05, 4.69) is 5.32 Å². The average molecular weight is 413 g/mol. The van der Waals surface area contributed by atoms with Gasteiger partial charge in [-0.3, -0.25) is 4.79 Å². The van der Waals surface area contributed by atoms with E-state index in [9.17, 15) is 40.5 Å². The molecule has 12 nitrogen and oxygen atoms in total. The smallest absolute Gasteiger partial charge is 0.252 e. The third-order valence-corrected chi connectivity index (χ3v) is 4.11. The van der Waals surface area contributed by atoms with Crippen molar-refractivity contribution < 1.29 is 55.1 Å². The molecule has 0 aliphatic carbocycles. The minimum atomic E-state index is -2.05. The Morgan fingerprint density at radius 2 is 1.61 bits per heavy atom. The number of aliphatic hydroxyl groups is 8. The van der Waals surface area contributed by atoms with E-state index >= 15 is 0 Å². The molecule has 0 radical (unpaired) electrons. The molecular formula is C16H31NO11. The Labute approximate surface area is 161 Å². The molecule has 1 fully saturated rings. The normalized spacial score (nSPS) is 33.0. The van der Waals surface area contributed by atoms with Gasteiger partial charge in [0, 0.05) is 5.54 Å².